The van der Waals surface area contributed by atoms with Gasteiger partial charge in [0.05, 0.1) is 17.8 Å². The zero-order valence-corrected chi connectivity index (χ0v) is 10.3. The Morgan fingerprint density at radius 3 is 2.50 bits per heavy atom. The molecule has 0 aliphatic carbocycles. The van der Waals surface area contributed by atoms with Crippen molar-refractivity contribution in [2.45, 2.75) is 20.3 Å². The Kier molecular flexibility index (Phi) is 3.06. The maximum atomic E-state index is 10.8. The van der Waals surface area contributed by atoms with Gasteiger partial charge in [0.15, 0.2) is 0 Å². The fraction of sp³-hybridized carbons (Fsp3) is 0.231. The highest BCUT2D eigenvalue weighted by atomic mass is 16.4. The van der Waals surface area contributed by atoms with Crippen LogP contribution in [0, 0.1) is 13.8 Å². The van der Waals surface area contributed by atoms with E-state index >= 15 is 0 Å². The van der Waals surface area contributed by atoms with Gasteiger partial charge in [0.1, 0.15) is 0 Å². The highest BCUT2D eigenvalue weighted by molar-refractivity contribution is 5.71. The smallest absolute Gasteiger partial charge is 0.307 e. The van der Waals surface area contributed by atoms with Crippen molar-refractivity contribution in [2.75, 3.05) is 5.73 Å². The summed E-state index contributed by atoms with van der Waals surface area (Å²) in [5, 5.41) is 13.3. The molecule has 0 aliphatic heterocycles. The standard InChI is InChI=1S/C13H15N3O2/c1-8-12(7-13(17)18)9(2)16(15-8)11-5-3-10(14)4-6-11/h3-6H,7,14H2,1-2H3,(H,17,18). The molecule has 3 N–H and O–H groups in total. The third-order valence-corrected chi connectivity index (χ3v) is 2.91. The summed E-state index contributed by atoms with van der Waals surface area (Å²) >= 11 is 0. The number of nitrogen functional groups attached to an aromatic ring is 1. The Hall–Kier alpha value is -2.30. The van der Waals surface area contributed by atoms with E-state index in [9.17, 15) is 4.79 Å². The molecule has 0 amide bonds. The first kappa shape index (κ1) is 12.2. The maximum Gasteiger partial charge on any atom is 0.307 e. The van der Waals surface area contributed by atoms with Crippen LogP contribution >= 0.6 is 0 Å². The van der Waals surface area contributed by atoms with E-state index in [1.807, 2.05) is 26.0 Å². The molecule has 0 aliphatic rings. The molecule has 0 atom stereocenters. The first-order valence-corrected chi connectivity index (χ1v) is 5.62. The molecule has 5 nitrogen and oxygen atoms in total. The number of carbonyl (C=O) groups is 1. The number of aliphatic carboxylic acids is 1. The van der Waals surface area contributed by atoms with E-state index in [0.29, 0.717) is 5.69 Å². The van der Waals surface area contributed by atoms with E-state index < -0.39 is 5.97 Å². The molecule has 0 spiro atoms. The lowest BCUT2D eigenvalue weighted by atomic mass is 10.1. The molecule has 18 heavy (non-hydrogen) atoms. The zero-order valence-electron chi connectivity index (χ0n) is 10.3. The second kappa shape index (κ2) is 4.52. The minimum Gasteiger partial charge on any atom is -0.481 e. The number of hydrogen-bond acceptors (Lipinski definition) is 3. The highest BCUT2D eigenvalue weighted by Gasteiger charge is 2.15. The molecule has 94 valence electrons. The highest BCUT2D eigenvalue weighted by Crippen LogP contribution is 2.19. The van der Waals surface area contributed by atoms with Gasteiger partial charge in [-0.1, -0.05) is 0 Å². The second-order valence-corrected chi connectivity index (χ2v) is 4.22. The van der Waals surface area contributed by atoms with Crippen molar-refractivity contribution in [1.29, 1.82) is 0 Å². The fourth-order valence-corrected chi connectivity index (χ4v) is 1.95. The van der Waals surface area contributed by atoms with Crippen LogP contribution in [0.25, 0.3) is 5.69 Å². The molecule has 5 heteroatoms. The number of aryl methyl sites for hydroxylation is 1. The Balaban J connectivity index is 2.46. The molecule has 1 aromatic carbocycles. The second-order valence-electron chi connectivity index (χ2n) is 4.22. The van der Waals surface area contributed by atoms with Gasteiger partial charge in [-0.2, -0.15) is 5.10 Å². The number of carboxylic acid groups (broad SMARTS) is 1. The number of hydrogen-bond donors (Lipinski definition) is 2. The summed E-state index contributed by atoms with van der Waals surface area (Å²) in [6.07, 6.45) is -0.00730. The summed E-state index contributed by atoms with van der Waals surface area (Å²) < 4.78 is 1.74. The van der Waals surface area contributed by atoms with Crippen LogP contribution in [0.2, 0.25) is 0 Å². The normalized spacial score (nSPS) is 10.6. The number of anilines is 1. The molecule has 1 aromatic heterocycles. The lowest BCUT2D eigenvalue weighted by Gasteiger charge is -2.05. The first-order chi connectivity index (χ1) is 8.49. The van der Waals surface area contributed by atoms with Crippen molar-refractivity contribution >= 4 is 11.7 Å². The molecule has 2 rings (SSSR count). The molecular weight excluding hydrogens is 230 g/mol. The largest absolute Gasteiger partial charge is 0.481 e. The lowest BCUT2D eigenvalue weighted by molar-refractivity contribution is -0.136. The van der Waals surface area contributed by atoms with Crippen LogP contribution in [0.5, 0.6) is 0 Å². The lowest BCUT2D eigenvalue weighted by Crippen LogP contribution is -2.03. The molecule has 0 bridgehead atoms. The van der Waals surface area contributed by atoms with E-state index in [-0.39, 0.29) is 6.42 Å². The van der Waals surface area contributed by atoms with Crippen molar-refractivity contribution in [3.8, 4) is 5.69 Å². The summed E-state index contributed by atoms with van der Waals surface area (Å²) in [5.74, 6) is -0.849. The van der Waals surface area contributed by atoms with Gasteiger partial charge in [-0.3, -0.25) is 4.79 Å². The zero-order chi connectivity index (χ0) is 13.3. The van der Waals surface area contributed by atoms with Crippen LogP contribution in [0.1, 0.15) is 17.0 Å². The van der Waals surface area contributed by atoms with Crippen LogP contribution in [-0.2, 0) is 11.2 Å². The monoisotopic (exact) mass is 245 g/mol. The molecule has 0 unspecified atom stereocenters. The van der Waals surface area contributed by atoms with Gasteiger partial charge in [-0.05, 0) is 38.1 Å². The summed E-state index contributed by atoms with van der Waals surface area (Å²) in [5.41, 5.74) is 9.55. The minimum atomic E-state index is -0.849. The van der Waals surface area contributed by atoms with Gasteiger partial charge < -0.3 is 10.8 Å². The average Bonchev–Trinajstić information content (AvgIpc) is 2.58. The van der Waals surface area contributed by atoms with Crippen molar-refractivity contribution in [2.24, 2.45) is 0 Å². The Morgan fingerprint density at radius 1 is 1.33 bits per heavy atom. The summed E-state index contributed by atoms with van der Waals surface area (Å²) in [4.78, 5) is 10.8. The van der Waals surface area contributed by atoms with Crippen molar-refractivity contribution in [1.82, 2.24) is 9.78 Å². The number of nitrogens with zero attached hydrogens (tertiary/aromatic N) is 2. The van der Waals surface area contributed by atoms with Gasteiger partial charge in [0.2, 0.25) is 0 Å². The summed E-state index contributed by atoms with van der Waals surface area (Å²) in [6, 6.07) is 7.31. The Morgan fingerprint density at radius 2 is 1.94 bits per heavy atom. The minimum absolute atomic E-state index is 0.00730. The van der Waals surface area contributed by atoms with Gasteiger partial charge in [0.25, 0.3) is 0 Å². The Labute approximate surface area is 105 Å². The van der Waals surface area contributed by atoms with Crippen molar-refractivity contribution < 1.29 is 9.90 Å². The third-order valence-electron chi connectivity index (χ3n) is 2.91. The quantitative estimate of drug-likeness (QED) is 0.806. The van der Waals surface area contributed by atoms with E-state index in [4.69, 9.17) is 10.8 Å². The first-order valence-electron chi connectivity index (χ1n) is 5.62. The number of nitrogens with two attached hydrogens (primary N) is 1. The predicted molar refractivity (Wildman–Crippen MR) is 68.8 cm³/mol. The molecule has 2 aromatic rings. The number of benzene rings is 1. The number of aromatic nitrogens is 2. The fourth-order valence-electron chi connectivity index (χ4n) is 1.95. The molecule has 0 fully saturated rings. The molecule has 0 saturated carbocycles. The van der Waals surface area contributed by atoms with Crippen LogP contribution in [0.15, 0.2) is 24.3 Å². The van der Waals surface area contributed by atoms with Gasteiger partial charge in [0, 0.05) is 16.9 Å². The topological polar surface area (TPSA) is 81.1 Å². The third kappa shape index (κ3) is 2.20. The van der Waals surface area contributed by atoms with E-state index in [0.717, 1.165) is 22.6 Å². The van der Waals surface area contributed by atoms with Gasteiger partial charge in [-0.15, -0.1) is 0 Å². The van der Waals surface area contributed by atoms with Crippen LogP contribution in [0.4, 0.5) is 5.69 Å². The van der Waals surface area contributed by atoms with Crippen LogP contribution in [-0.4, -0.2) is 20.9 Å². The maximum absolute atomic E-state index is 10.8. The van der Waals surface area contributed by atoms with Crippen LogP contribution < -0.4 is 5.73 Å². The summed E-state index contributed by atoms with van der Waals surface area (Å²) in [6.45, 7) is 3.69. The number of carboxylic acids is 1. The van der Waals surface area contributed by atoms with E-state index in [1.165, 1.54) is 0 Å². The average molecular weight is 245 g/mol. The molecule has 1 heterocycles. The van der Waals surface area contributed by atoms with Gasteiger partial charge >= 0.3 is 5.97 Å². The number of rotatable bonds is 3. The summed E-state index contributed by atoms with van der Waals surface area (Å²) in [7, 11) is 0. The molecule has 0 saturated heterocycles. The van der Waals surface area contributed by atoms with Crippen molar-refractivity contribution in [3.63, 3.8) is 0 Å². The molecular formula is C13H15N3O2. The van der Waals surface area contributed by atoms with Crippen LogP contribution in [0.3, 0.4) is 0 Å². The van der Waals surface area contributed by atoms with Crippen molar-refractivity contribution in [3.05, 3.63) is 41.2 Å². The van der Waals surface area contributed by atoms with E-state index in [2.05, 4.69) is 5.10 Å². The molecule has 0 radical (unpaired) electrons. The van der Waals surface area contributed by atoms with E-state index in [1.54, 1.807) is 16.8 Å². The predicted octanol–water partition coefficient (Wildman–Crippen LogP) is 1.70. The Bertz CT molecular complexity index is 585. The van der Waals surface area contributed by atoms with Gasteiger partial charge in [-0.25, -0.2) is 4.68 Å². The SMILES string of the molecule is Cc1nn(-c2ccc(N)cc2)c(C)c1CC(=O)O.